The number of nitrogens with one attached hydrogen (secondary N) is 1. The Bertz CT molecular complexity index is 588. The maximum Gasteiger partial charge on any atom is 0.223 e. The van der Waals surface area contributed by atoms with E-state index >= 15 is 0 Å². The van der Waals surface area contributed by atoms with Gasteiger partial charge in [0, 0.05) is 25.2 Å². The van der Waals surface area contributed by atoms with Crippen molar-refractivity contribution in [1.29, 1.82) is 0 Å². The van der Waals surface area contributed by atoms with Gasteiger partial charge in [0.2, 0.25) is 5.91 Å². The Hall–Kier alpha value is -2.14. The van der Waals surface area contributed by atoms with Crippen molar-refractivity contribution in [2.75, 3.05) is 13.2 Å². The fourth-order valence-electron chi connectivity index (χ4n) is 2.55. The first-order chi connectivity index (χ1) is 10.6. The van der Waals surface area contributed by atoms with Gasteiger partial charge in [-0.3, -0.25) is 9.89 Å². The van der Waals surface area contributed by atoms with Gasteiger partial charge >= 0.3 is 0 Å². The number of H-pyrrole nitrogens is 1. The molecule has 1 aromatic carbocycles. The van der Waals surface area contributed by atoms with Crippen molar-refractivity contribution >= 4 is 5.91 Å². The van der Waals surface area contributed by atoms with Crippen LogP contribution >= 0.6 is 0 Å². The number of amides is 1. The van der Waals surface area contributed by atoms with E-state index in [1.807, 2.05) is 44.2 Å². The SMILES string of the molecule is Cc1n[nH]c(C)c1CCC(=O)N(CCO)Cc1ccccc1. The van der Waals surface area contributed by atoms with Crippen LogP contribution in [-0.4, -0.2) is 39.3 Å². The van der Waals surface area contributed by atoms with Crippen molar-refractivity contribution in [3.8, 4) is 0 Å². The van der Waals surface area contributed by atoms with Crippen molar-refractivity contribution in [2.24, 2.45) is 0 Å². The Balaban J connectivity index is 1.97. The molecule has 2 rings (SSSR count). The molecule has 118 valence electrons. The quantitative estimate of drug-likeness (QED) is 0.821. The zero-order chi connectivity index (χ0) is 15.9. The minimum Gasteiger partial charge on any atom is -0.395 e. The zero-order valence-corrected chi connectivity index (χ0v) is 13.2. The van der Waals surface area contributed by atoms with Crippen LogP contribution in [0.2, 0.25) is 0 Å². The van der Waals surface area contributed by atoms with Gasteiger partial charge in [0.1, 0.15) is 0 Å². The second-order valence-corrected chi connectivity index (χ2v) is 5.44. The van der Waals surface area contributed by atoms with Gasteiger partial charge < -0.3 is 10.0 Å². The van der Waals surface area contributed by atoms with E-state index in [0.717, 1.165) is 22.5 Å². The molecule has 0 radical (unpaired) electrons. The van der Waals surface area contributed by atoms with Gasteiger partial charge in [-0.1, -0.05) is 30.3 Å². The summed E-state index contributed by atoms with van der Waals surface area (Å²) in [6.07, 6.45) is 1.10. The third-order valence-corrected chi connectivity index (χ3v) is 3.81. The average molecular weight is 301 g/mol. The van der Waals surface area contributed by atoms with Crippen LogP contribution in [-0.2, 0) is 17.8 Å². The summed E-state index contributed by atoms with van der Waals surface area (Å²) in [5.74, 6) is 0.0536. The van der Waals surface area contributed by atoms with E-state index in [-0.39, 0.29) is 12.5 Å². The Morgan fingerprint density at radius 2 is 2.00 bits per heavy atom. The first-order valence-corrected chi connectivity index (χ1v) is 7.54. The number of aryl methyl sites for hydroxylation is 2. The lowest BCUT2D eigenvalue weighted by molar-refractivity contribution is -0.132. The second-order valence-electron chi connectivity index (χ2n) is 5.44. The van der Waals surface area contributed by atoms with Gasteiger partial charge in [-0.2, -0.15) is 5.10 Å². The van der Waals surface area contributed by atoms with Crippen LogP contribution in [0.5, 0.6) is 0 Å². The summed E-state index contributed by atoms with van der Waals surface area (Å²) in [6.45, 7) is 4.77. The number of aliphatic hydroxyl groups is 1. The molecule has 0 aliphatic rings. The molecular formula is C17H23N3O2. The van der Waals surface area contributed by atoms with Crippen molar-refractivity contribution in [3.05, 3.63) is 52.8 Å². The molecule has 2 N–H and O–H groups in total. The minimum absolute atomic E-state index is 0.0255. The Labute approximate surface area is 131 Å². The lowest BCUT2D eigenvalue weighted by atomic mass is 10.1. The van der Waals surface area contributed by atoms with E-state index in [9.17, 15) is 9.90 Å². The largest absolute Gasteiger partial charge is 0.395 e. The van der Waals surface area contributed by atoms with Gasteiger partial charge in [0.05, 0.1) is 12.3 Å². The van der Waals surface area contributed by atoms with Gasteiger partial charge in [-0.25, -0.2) is 0 Å². The number of hydrogen-bond donors (Lipinski definition) is 2. The maximum atomic E-state index is 12.4. The highest BCUT2D eigenvalue weighted by Crippen LogP contribution is 2.13. The monoisotopic (exact) mass is 301 g/mol. The molecule has 0 unspecified atom stereocenters. The average Bonchev–Trinajstić information content (AvgIpc) is 2.84. The van der Waals surface area contributed by atoms with Crippen molar-refractivity contribution in [1.82, 2.24) is 15.1 Å². The maximum absolute atomic E-state index is 12.4. The van der Waals surface area contributed by atoms with Crippen molar-refractivity contribution in [3.63, 3.8) is 0 Å². The van der Waals surface area contributed by atoms with E-state index in [1.165, 1.54) is 0 Å². The highest BCUT2D eigenvalue weighted by molar-refractivity contribution is 5.76. The molecule has 0 aliphatic heterocycles. The number of benzene rings is 1. The number of carbonyl (C=O) groups is 1. The Morgan fingerprint density at radius 1 is 1.27 bits per heavy atom. The molecule has 5 heteroatoms. The minimum atomic E-state index is -0.0255. The molecule has 2 aromatic rings. The number of nitrogens with zero attached hydrogens (tertiary/aromatic N) is 2. The summed E-state index contributed by atoms with van der Waals surface area (Å²) < 4.78 is 0. The van der Waals surface area contributed by atoms with E-state index in [0.29, 0.717) is 25.9 Å². The van der Waals surface area contributed by atoms with Crippen LogP contribution in [0.15, 0.2) is 30.3 Å². The molecule has 1 amide bonds. The summed E-state index contributed by atoms with van der Waals surface area (Å²) in [5.41, 5.74) is 4.14. The molecule has 5 nitrogen and oxygen atoms in total. The van der Waals surface area contributed by atoms with Crippen LogP contribution in [0.1, 0.15) is 28.9 Å². The molecule has 0 atom stereocenters. The van der Waals surface area contributed by atoms with E-state index in [2.05, 4.69) is 10.2 Å². The van der Waals surface area contributed by atoms with Crippen molar-refractivity contribution in [2.45, 2.75) is 33.2 Å². The van der Waals surface area contributed by atoms with E-state index in [1.54, 1.807) is 4.90 Å². The fraction of sp³-hybridized carbons (Fsp3) is 0.412. The molecule has 0 bridgehead atoms. The van der Waals surface area contributed by atoms with Gasteiger partial charge in [-0.05, 0) is 31.4 Å². The molecule has 0 saturated heterocycles. The highest BCUT2D eigenvalue weighted by atomic mass is 16.3. The number of aromatic nitrogens is 2. The first kappa shape index (κ1) is 16.2. The van der Waals surface area contributed by atoms with Crippen LogP contribution in [0.25, 0.3) is 0 Å². The lowest BCUT2D eigenvalue weighted by Gasteiger charge is -2.22. The van der Waals surface area contributed by atoms with Gasteiger partial charge in [0.25, 0.3) is 0 Å². The van der Waals surface area contributed by atoms with Crippen LogP contribution in [0.3, 0.4) is 0 Å². The third-order valence-electron chi connectivity index (χ3n) is 3.81. The van der Waals surface area contributed by atoms with Crippen LogP contribution in [0, 0.1) is 13.8 Å². The molecule has 22 heavy (non-hydrogen) atoms. The third kappa shape index (κ3) is 4.18. The summed E-state index contributed by atoms with van der Waals surface area (Å²) in [7, 11) is 0. The summed E-state index contributed by atoms with van der Waals surface area (Å²) in [6, 6.07) is 9.83. The zero-order valence-electron chi connectivity index (χ0n) is 13.2. The number of aromatic amines is 1. The summed E-state index contributed by atoms with van der Waals surface area (Å²) in [4.78, 5) is 14.1. The molecule has 1 aromatic heterocycles. The number of hydrogen-bond acceptors (Lipinski definition) is 3. The standard InChI is InChI=1S/C17H23N3O2/c1-13-16(14(2)19-18-13)8-9-17(22)20(10-11-21)12-15-6-4-3-5-7-15/h3-7,21H,8-12H2,1-2H3,(H,18,19). The molecule has 0 spiro atoms. The highest BCUT2D eigenvalue weighted by Gasteiger charge is 2.15. The van der Waals surface area contributed by atoms with Crippen molar-refractivity contribution < 1.29 is 9.90 Å². The van der Waals surface area contributed by atoms with Gasteiger partial charge in [0.15, 0.2) is 0 Å². The lowest BCUT2D eigenvalue weighted by Crippen LogP contribution is -2.33. The number of rotatable bonds is 7. The molecular weight excluding hydrogens is 278 g/mol. The predicted molar refractivity (Wildman–Crippen MR) is 85.3 cm³/mol. The Morgan fingerprint density at radius 3 is 2.59 bits per heavy atom. The molecule has 0 aliphatic carbocycles. The van der Waals surface area contributed by atoms with Crippen LogP contribution < -0.4 is 0 Å². The summed E-state index contributed by atoms with van der Waals surface area (Å²) >= 11 is 0. The van der Waals surface area contributed by atoms with Gasteiger partial charge in [-0.15, -0.1) is 0 Å². The molecule has 0 fully saturated rings. The molecule has 1 heterocycles. The second kappa shape index (κ2) is 7.75. The smallest absolute Gasteiger partial charge is 0.223 e. The van der Waals surface area contributed by atoms with E-state index in [4.69, 9.17) is 0 Å². The van der Waals surface area contributed by atoms with Crippen LogP contribution in [0.4, 0.5) is 0 Å². The molecule has 0 saturated carbocycles. The normalized spacial score (nSPS) is 10.7. The van der Waals surface area contributed by atoms with E-state index < -0.39 is 0 Å². The predicted octanol–water partition coefficient (Wildman–Crippen LogP) is 1.98. The first-order valence-electron chi connectivity index (χ1n) is 7.54. The fourth-order valence-corrected chi connectivity index (χ4v) is 2.55. The Kier molecular flexibility index (Phi) is 5.72. The topological polar surface area (TPSA) is 69.2 Å². The number of carbonyl (C=O) groups excluding carboxylic acids is 1. The summed E-state index contributed by atoms with van der Waals surface area (Å²) in [5, 5.41) is 16.3. The number of aliphatic hydroxyl groups excluding tert-OH is 1.